The molecule has 23 heavy (non-hydrogen) atoms. The minimum absolute atomic E-state index is 0.0148. The van der Waals surface area contributed by atoms with E-state index in [2.05, 4.69) is 22.4 Å². The van der Waals surface area contributed by atoms with Gasteiger partial charge in [-0.1, -0.05) is 0 Å². The lowest BCUT2D eigenvalue weighted by Crippen LogP contribution is -2.36. The van der Waals surface area contributed by atoms with E-state index in [1.165, 1.54) is 5.56 Å². The van der Waals surface area contributed by atoms with Crippen LogP contribution in [0.25, 0.3) is 0 Å². The van der Waals surface area contributed by atoms with Crippen molar-refractivity contribution in [1.82, 2.24) is 5.32 Å². The molecule has 5 N–H and O–H groups in total. The van der Waals surface area contributed by atoms with E-state index in [4.69, 9.17) is 21.2 Å². The van der Waals surface area contributed by atoms with Crippen LogP contribution < -0.4 is 21.7 Å². The van der Waals surface area contributed by atoms with Crippen molar-refractivity contribution in [3.8, 4) is 5.75 Å². The van der Waals surface area contributed by atoms with Crippen LogP contribution in [0.3, 0.4) is 0 Å². The first-order valence-corrected chi connectivity index (χ1v) is 8.38. The number of benzene rings is 1. The minimum Gasteiger partial charge on any atom is -0.487 e. The molecule has 6 heteroatoms. The zero-order valence-corrected chi connectivity index (χ0v) is 13.6. The Morgan fingerprint density at radius 2 is 2.35 bits per heavy atom. The van der Waals surface area contributed by atoms with Crippen molar-refractivity contribution in [2.24, 2.45) is 16.6 Å². The van der Waals surface area contributed by atoms with Gasteiger partial charge >= 0.3 is 0 Å². The topological polar surface area (TPSA) is 94.9 Å². The number of aliphatic imine (C=N–C) groups is 1. The summed E-state index contributed by atoms with van der Waals surface area (Å²) >= 11 is 0. The van der Waals surface area contributed by atoms with Crippen LogP contribution in [0.2, 0.25) is 0 Å². The summed E-state index contributed by atoms with van der Waals surface area (Å²) in [7, 11) is 0. The highest BCUT2D eigenvalue weighted by molar-refractivity contribution is 6.00. The number of amidine groups is 1. The van der Waals surface area contributed by atoms with Gasteiger partial charge in [0.25, 0.3) is 0 Å². The summed E-state index contributed by atoms with van der Waals surface area (Å²) < 4.78 is 6.00. The van der Waals surface area contributed by atoms with Crippen LogP contribution in [0.5, 0.6) is 5.75 Å². The average Bonchev–Trinajstić information content (AvgIpc) is 3.07. The maximum absolute atomic E-state index is 6.00. The highest BCUT2D eigenvalue weighted by Crippen LogP contribution is 2.30. The molecule has 2 aliphatic heterocycles. The molecule has 1 aromatic carbocycles. The Balaban J connectivity index is 1.66. The van der Waals surface area contributed by atoms with Crippen molar-refractivity contribution in [2.45, 2.75) is 50.9 Å². The summed E-state index contributed by atoms with van der Waals surface area (Å²) in [6.45, 7) is 3.49. The Morgan fingerprint density at radius 3 is 3.13 bits per heavy atom. The predicted molar refractivity (Wildman–Crippen MR) is 90.5 cm³/mol. The normalized spacial score (nSPS) is 24.4. The predicted octanol–water partition coefficient (Wildman–Crippen LogP) is 1.12. The standard InChI is InChI=1S/C17H26N4O2/c1-11(23-19)15-6-4-12-9-13(5-7-16(12)22-15)17-20-10-14(21-17)3-2-8-18/h5,7,9,11,14-15H,2-4,6,8,10,18-19H2,1H3,(H,20,21). The van der Waals surface area contributed by atoms with Crippen molar-refractivity contribution >= 4 is 5.84 Å². The molecule has 2 aliphatic rings. The van der Waals surface area contributed by atoms with E-state index in [1.54, 1.807) is 0 Å². The second kappa shape index (κ2) is 7.29. The monoisotopic (exact) mass is 318 g/mol. The molecule has 0 fully saturated rings. The average molecular weight is 318 g/mol. The van der Waals surface area contributed by atoms with Crippen molar-refractivity contribution in [3.05, 3.63) is 29.3 Å². The number of nitrogens with two attached hydrogens (primary N) is 2. The van der Waals surface area contributed by atoms with Gasteiger partial charge in [-0.15, -0.1) is 0 Å². The molecule has 2 heterocycles. The molecular weight excluding hydrogens is 292 g/mol. The van der Waals surface area contributed by atoms with E-state index in [0.717, 1.165) is 55.9 Å². The molecular formula is C17H26N4O2. The maximum atomic E-state index is 6.00. The van der Waals surface area contributed by atoms with Crippen LogP contribution in [0, 0.1) is 0 Å². The number of rotatable bonds is 6. The minimum atomic E-state index is -0.105. The van der Waals surface area contributed by atoms with E-state index < -0.39 is 0 Å². The fourth-order valence-corrected chi connectivity index (χ4v) is 3.16. The number of aryl methyl sites for hydroxylation is 1. The van der Waals surface area contributed by atoms with Gasteiger partial charge in [-0.2, -0.15) is 0 Å². The van der Waals surface area contributed by atoms with Crippen LogP contribution >= 0.6 is 0 Å². The summed E-state index contributed by atoms with van der Waals surface area (Å²) in [5.41, 5.74) is 7.92. The van der Waals surface area contributed by atoms with Crippen molar-refractivity contribution in [1.29, 1.82) is 0 Å². The lowest BCUT2D eigenvalue weighted by Gasteiger charge is -2.29. The fraction of sp³-hybridized carbons (Fsp3) is 0.588. The van der Waals surface area contributed by atoms with E-state index in [9.17, 15) is 0 Å². The summed E-state index contributed by atoms with van der Waals surface area (Å²) in [6.07, 6.45) is 3.88. The Kier molecular flexibility index (Phi) is 5.15. The molecule has 0 radical (unpaired) electrons. The van der Waals surface area contributed by atoms with Gasteiger partial charge in [-0.25, -0.2) is 5.90 Å². The van der Waals surface area contributed by atoms with Gasteiger partial charge in [0.1, 0.15) is 23.8 Å². The van der Waals surface area contributed by atoms with Gasteiger partial charge in [-0.05, 0) is 62.9 Å². The van der Waals surface area contributed by atoms with E-state index >= 15 is 0 Å². The molecule has 3 atom stereocenters. The molecule has 0 saturated heterocycles. The third-order valence-electron chi connectivity index (χ3n) is 4.62. The molecule has 1 aromatic rings. The molecule has 0 bridgehead atoms. The lowest BCUT2D eigenvalue weighted by molar-refractivity contribution is -0.0238. The molecule has 0 spiro atoms. The second-order valence-electron chi connectivity index (χ2n) is 6.32. The summed E-state index contributed by atoms with van der Waals surface area (Å²) in [6, 6.07) is 6.67. The lowest BCUT2D eigenvalue weighted by atomic mass is 9.97. The maximum Gasteiger partial charge on any atom is 0.128 e. The Labute approximate surface area is 137 Å². The Bertz CT molecular complexity index is 576. The molecule has 0 amide bonds. The first kappa shape index (κ1) is 16.2. The second-order valence-corrected chi connectivity index (χ2v) is 6.32. The summed E-state index contributed by atoms with van der Waals surface area (Å²) in [5, 5.41) is 3.50. The third kappa shape index (κ3) is 3.65. The first-order chi connectivity index (χ1) is 11.2. The van der Waals surface area contributed by atoms with Crippen molar-refractivity contribution < 1.29 is 9.57 Å². The quantitative estimate of drug-likeness (QED) is 0.683. The van der Waals surface area contributed by atoms with E-state index in [0.29, 0.717) is 6.04 Å². The van der Waals surface area contributed by atoms with Crippen LogP contribution in [0.15, 0.2) is 23.2 Å². The van der Waals surface area contributed by atoms with Crippen molar-refractivity contribution in [2.75, 3.05) is 13.1 Å². The van der Waals surface area contributed by atoms with E-state index in [1.807, 2.05) is 13.0 Å². The van der Waals surface area contributed by atoms with Crippen LogP contribution in [-0.4, -0.2) is 37.2 Å². The van der Waals surface area contributed by atoms with Crippen LogP contribution in [0.4, 0.5) is 0 Å². The summed E-state index contributed by atoms with van der Waals surface area (Å²) in [4.78, 5) is 9.52. The molecule has 3 unspecified atom stereocenters. The number of hydrogen-bond donors (Lipinski definition) is 3. The van der Waals surface area contributed by atoms with Gasteiger partial charge in [0.05, 0.1) is 6.54 Å². The van der Waals surface area contributed by atoms with Crippen LogP contribution in [-0.2, 0) is 11.3 Å². The van der Waals surface area contributed by atoms with Gasteiger partial charge < -0.3 is 15.8 Å². The van der Waals surface area contributed by atoms with Crippen molar-refractivity contribution in [3.63, 3.8) is 0 Å². The smallest absolute Gasteiger partial charge is 0.128 e. The number of fused-ring (bicyclic) bond motifs is 1. The molecule has 3 rings (SSSR count). The zero-order chi connectivity index (χ0) is 16.2. The van der Waals surface area contributed by atoms with Gasteiger partial charge in [-0.3, -0.25) is 9.83 Å². The first-order valence-electron chi connectivity index (χ1n) is 8.38. The number of hydrogen-bond acceptors (Lipinski definition) is 6. The highest BCUT2D eigenvalue weighted by Gasteiger charge is 2.26. The van der Waals surface area contributed by atoms with E-state index in [-0.39, 0.29) is 12.2 Å². The van der Waals surface area contributed by atoms with Gasteiger partial charge in [0.2, 0.25) is 0 Å². The highest BCUT2D eigenvalue weighted by atomic mass is 16.6. The molecule has 0 aromatic heterocycles. The Morgan fingerprint density at radius 1 is 1.48 bits per heavy atom. The third-order valence-corrected chi connectivity index (χ3v) is 4.62. The van der Waals surface area contributed by atoms with Gasteiger partial charge in [0.15, 0.2) is 0 Å². The molecule has 0 saturated carbocycles. The molecule has 126 valence electrons. The molecule has 6 nitrogen and oxygen atoms in total. The largest absolute Gasteiger partial charge is 0.487 e. The number of nitrogens with one attached hydrogen (secondary N) is 1. The van der Waals surface area contributed by atoms with Crippen LogP contribution in [0.1, 0.15) is 37.3 Å². The zero-order valence-electron chi connectivity index (χ0n) is 13.6. The van der Waals surface area contributed by atoms with Gasteiger partial charge in [0, 0.05) is 11.6 Å². The summed E-state index contributed by atoms with van der Waals surface area (Å²) in [5.74, 6) is 7.17. The molecule has 0 aliphatic carbocycles. The fourth-order valence-electron chi connectivity index (χ4n) is 3.16. The Hall–Kier alpha value is -1.63. The number of ether oxygens (including phenoxy) is 1. The SMILES string of the molecule is CC(ON)C1CCc2cc(C3=NCC(CCCN)N3)ccc2O1. The number of nitrogens with zero attached hydrogens (tertiary/aromatic N) is 1.